The number of likely N-dealkylation sites (N-methyl/N-ethyl adjacent to an activating group) is 1. The number of nitrogens with zero attached hydrogens (tertiary/aromatic N) is 1. The van der Waals surface area contributed by atoms with Gasteiger partial charge in [-0.15, -0.1) is 0 Å². The lowest BCUT2D eigenvalue weighted by molar-refractivity contribution is -0.139. The molecule has 0 atom stereocenters. The van der Waals surface area contributed by atoms with Crippen LogP contribution in [-0.4, -0.2) is 54.6 Å². The fourth-order valence-electron chi connectivity index (χ4n) is 2.88. The largest absolute Gasteiger partial charge is 0.493 e. The van der Waals surface area contributed by atoms with Crippen molar-refractivity contribution in [3.63, 3.8) is 0 Å². The van der Waals surface area contributed by atoms with Crippen molar-refractivity contribution in [1.29, 1.82) is 0 Å². The maximum atomic E-state index is 13.4. The van der Waals surface area contributed by atoms with Crippen molar-refractivity contribution in [2.24, 2.45) is 0 Å². The summed E-state index contributed by atoms with van der Waals surface area (Å²) in [5.74, 6) is -0.147. The van der Waals surface area contributed by atoms with Crippen molar-refractivity contribution < 1.29 is 28.1 Å². The van der Waals surface area contributed by atoms with Crippen molar-refractivity contribution in [3.8, 4) is 5.75 Å². The fraction of sp³-hybridized carbons (Fsp3) is 0.700. The van der Waals surface area contributed by atoms with Gasteiger partial charge < -0.3 is 14.9 Å². The predicted molar refractivity (Wildman–Crippen MR) is 100.0 cm³/mol. The van der Waals surface area contributed by atoms with Gasteiger partial charge in [0.15, 0.2) is 0 Å². The third-order valence-corrected chi connectivity index (χ3v) is 5.02. The van der Waals surface area contributed by atoms with Crippen LogP contribution in [0.2, 0.25) is 0 Å². The summed E-state index contributed by atoms with van der Waals surface area (Å²) in [7, 11) is 3.45. The Balaban J connectivity index is 2.89. The monoisotopic (exact) mass is 391 g/mol. The molecule has 0 aliphatic carbocycles. The first kappa shape index (κ1) is 23.7. The number of ether oxygens (including phenoxy) is 1. The number of rotatable bonds is 12. The first-order chi connectivity index (χ1) is 12.7. The lowest BCUT2D eigenvalue weighted by Gasteiger charge is -2.36. The minimum Gasteiger partial charge on any atom is -0.493 e. The molecule has 27 heavy (non-hydrogen) atoms. The van der Waals surface area contributed by atoms with Crippen LogP contribution < -0.4 is 4.74 Å². The zero-order valence-corrected chi connectivity index (χ0v) is 16.5. The molecule has 4 nitrogen and oxygen atoms in total. The molecule has 2 N–H and O–H groups in total. The number of unbranched alkanes of at least 4 members (excludes halogenated alkanes) is 3. The SMILES string of the molecule is CCCCCCOc1ccc(CCC(CO)(CO)N(C)C)cc1C(F)(F)F. The number of halogens is 3. The van der Waals surface area contributed by atoms with Gasteiger partial charge in [0.1, 0.15) is 5.75 Å². The molecule has 0 aliphatic heterocycles. The maximum Gasteiger partial charge on any atom is 0.419 e. The molecule has 0 bridgehead atoms. The summed E-state index contributed by atoms with van der Waals surface area (Å²) in [6.07, 6.45) is -0.103. The number of aryl methyl sites for hydroxylation is 1. The zero-order chi connectivity index (χ0) is 20.5. The van der Waals surface area contributed by atoms with Gasteiger partial charge in [0, 0.05) is 0 Å². The van der Waals surface area contributed by atoms with Gasteiger partial charge in [-0.05, 0) is 51.1 Å². The van der Waals surface area contributed by atoms with Gasteiger partial charge >= 0.3 is 6.18 Å². The Morgan fingerprint density at radius 2 is 1.70 bits per heavy atom. The van der Waals surface area contributed by atoms with Gasteiger partial charge in [0.05, 0.1) is 30.9 Å². The van der Waals surface area contributed by atoms with Crippen molar-refractivity contribution >= 4 is 0 Å². The molecule has 0 saturated carbocycles. The number of aliphatic hydroxyl groups is 2. The second-order valence-electron chi connectivity index (χ2n) is 7.17. The van der Waals surface area contributed by atoms with Crippen LogP contribution in [0.5, 0.6) is 5.75 Å². The average molecular weight is 391 g/mol. The van der Waals surface area contributed by atoms with Gasteiger partial charge in [-0.2, -0.15) is 13.2 Å². The Morgan fingerprint density at radius 1 is 1.04 bits per heavy atom. The number of benzene rings is 1. The summed E-state index contributed by atoms with van der Waals surface area (Å²) in [4.78, 5) is 1.70. The van der Waals surface area contributed by atoms with E-state index in [1.54, 1.807) is 25.1 Å². The Labute approximate surface area is 159 Å². The molecule has 0 heterocycles. The number of hydrogen-bond acceptors (Lipinski definition) is 4. The van der Waals surface area contributed by atoms with Crippen LogP contribution in [0.4, 0.5) is 13.2 Å². The smallest absolute Gasteiger partial charge is 0.419 e. The first-order valence-electron chi connectivity index (χ1n) is 9.42. The van der Waals surface area contributed by atoms with Gasteiger partial charge in [0.2, 0.25) is 0 Å². The number of aliphatic hydroxyl groups excluding tert-OH is 2. The normalized spacial score (nSPS) is 12.6. The maximum absolute atomic E-state index is 13.4. The lowest BCUT2D eigenvalue weighted by atomic mass is 9.91. The highest BCUT2D eigenvalue weighted by molar-refractivity contribution is 5.39. The Morgan fingerprint density at radius 3 is 2.22 bits per heavy atom. The molecule has 0 saturated heterocycles. The highest BCUT2D eigenvalue weighted by Crippen LogP contribution is 2.37. The molecule has 0 unspecified atom stereocenters. The third-order valence-electron chi connectivity index (χ3n) is 5.02. The molecule has 0 amide bonds. The van der Waals surface area contributed by atoms with Crippen LogP contribution in [0.25, 0.3) is 0 Å². The van der Waals surface area contributed by atoms with E-state index in [0.717, 1.165) is 31.7 Å². The number of alkyl halides is 3. The number of hydrogen-bond donors (Lipinski definition) is 2. The van der Waals surface area contributed by atoms with Crippen molar-refractivity contribution in [1.82, 2.24) is 4.90 Å². The topological polar surface area (TPSA) is 52.9 Å². The highest BCUT2D eigenvalue weighted by atomic mass is 19.4. The lowest BCUT2D eigenvalue weighted by Crippen LogP contribution is -2.51. The van der Waals surface area contributed by atoms with E-state index < -0.39 is 17.3 Å². The Bertz CT molecular complexity index is 558. The molecule has 1 aromatic carbocycles. The first-order valence-corrected chi connectivity index (χ1v) is 9.42. The van der Waals surface area contributed by atoms with Crippen LogP contribution in [-0.2, 0) is 12.6 Å². The highest BCUT2D eigenvalue weighted by Gasteiger charge is 2.35. The molecule has 0 fully saturated rings. The van der Waals surface area contributed by atoms with Crippen LogP contribution >= 0.6 is 0 Å². The van der Waals surface area contributed by atoms with Crippen LogP contribution in [0.3, 0.4) is 0 Å². The third kappa shape index (κ3) is 6.97. The van der Waals surface area contributed by atoms with Gasteiger partial charge in [-0.3, -0.25) is 4.90 Å². The second-order valence-corrected chi connectivity index (χ2v) is 7.17. The van der Waals surface area contributed by atoms with Gasteiger partial charge in [-0.25, -0.2) is 0 Å². The summed E-state index contributed by atoms with van der Waals surface area (Å²) >= 11 is 0. The van der Waals surface area contributed by atoms with E-state index in [0.29, 0.717) is 18.4 Å². The molecule has 7 heteroatoms. The Kier molecular flexibility index (Phi) is 9.56. The summed E-state index contributed by atoms with van der Waals surface area (Å²) in [5, 5.41) is 19.2. The van der Waals surface area contributed by atoms with E-state index in [9.17, 15) is 23.4 Å². The molecule has 0 aliphatic rings. The fourth-order valence-corrected chi connectivity index (χ4v) is 2.88. The summed E-state index contributed by atoms with van der Waals surface area (Å²) in [6, 6.07) is 4.09. The molecule has 1 rings (SSSR count). The quantitative estimate of drug-likeness (QED) is 0.531. The van der Waals surface area contributed by atoms with E-state index in [4.69, 9.17) is 4.74 Å². The second kappa shape index (κ2) is 10.9. The van der Waals surface area contributed by atoms with Crippen LogP contribution in [0.15, 0.2) is 18.2 Å². The van der Waals surface area contributed by atoms with Crippen LogP contribution in [0, 0.1) is 0 Å². The van der Waals surface area contributed by atoms with E-state index >= 15 is 0 Å². The summed E-state index contributed by atoms with van der Waals surface area (Å²) < 4.78 is 45.7. The Hall–Kier alpha value is -1.31. The molecule has 1 aromatic rings. The van der Waals surface area contributed by atoms with Crippen LogP contribution in [0.1, 0.15) is 50.2 Å². The molecule has 0 aromatic heterocycles. The molecular weight excluding hydrogens is 359 g/mol. The van der Waals surface area contributed by atoms with Gasteiger partial charge in [0.25, 0.3) is 0 Å². The van der Waals surface area contributed by atoms with E-state index in [2.05, 4.69) is 6.92 Å². The van der Waals surface area contributed by atoms with Crippen molar-refractivity contribution in [2.75, 3.05) is 33.9 Å². The minimum absolute atomic E-state index is 0.147. The van der Waals surface area contributed by atoms with Crippen molar-refractivity contribution in [2.45, 2.75) is 57.2 Å². The minimum atomic E-state index is -4.50. The molecule has 156 valence electrons. The molecule has 0 radical (unpaired) electrons. The average Bonchev–Trinajstić information content (AvgIpc) is 2.62. The molecule has 0 spiro atoms. The zero-order valence-electron chi connectivity index (χ0n) is 16.5. The summed E-state index contributed by atoms with van der Waals surface area (Å²) in [6.45, 7) is 1.78. The predicted octanol–water partition coefficient (Wildman–Crippen LogP) is 3.88. The van der Waals surface area contributed by atoms with Crippen molar-refractivity contribution in [3.05, 3.63) is 29.3 Å². The van der Waals surface area contributed by atoms with E-state index in [1.165, 1.54) is 6.07 Å². The molecular formula is C20H32F3NO3. The standard InChI is InChI=1S/C20H32F3NO3/c1-4-5-6-7-12-27-18-9-8-16(13-17(18)20(21,22)23)10-11-19(14-25,15-26)24(2)3/h8-9,13,25-26H,4-7,10-12,14-15H2,1-3H3. The van der Waals surface area contributed by atoms with Gasteiger partial charge in [-0.1, -0.05) is 32.3 Å². The summed E-state index contributed by atoms with van der Waals surface area (Å²) in [5.41, 5.74) is -1.15. The van der Waals surface area contributed by atoms with E-state index in [1.807, 2.05) is 0 Å². The van der Waals surface area contributed by atoms with E-state index in [-0.39, 0.29) is 25.6 Å².